The molecule has 0 amide bonds. The first kappa shape index (κ1) is 23.1. The average Bonchev–Trinajstić information content (AvgIpc) is 2.64. The quantitative estimate of drug-likeness (QED) is 0.261. The van der Waals surface area contributed by atoms with Gasteiger partial charge in [-0.1, -0.05) is 25.5 Å². The lowest BCUT2D eigenvalue weighted by molar-refractivity contribution is 0.0179. The van der Waals surface area contributed by atoms with E-state index >= 15 is 0 Å². The molecule has 2 rings (SSSR count). The van der Waals surface area contributed by atoms with Crippen LogP contribution in [0, 0.1) is 5.82 Å². The van der Waals surface area contributed by atoms with Crippen LogP contribution in [0.2, 0.25) is 0 Å². The first-order valence-corrected chi connectivity index (χ1v) is 9.34. The molecular weight excluding hydrogens is 446 g/mol. The third-order valence-electron chi connectivity index (χ3n) is 4.33. The number of nitrogens with one attached hydrogen (secondary N) is 2. The standard InChI is InChI=1S/C19H31FN4O.HI/c1-3-5-10-22-19(21-4-2)23-15-18(24-11-13-25-14-12-24)16-6-8-17(20)9-7-16;/h6-9,18H,3-5,10-15H2,1-2H3,(H2,21,22,23);1H. The molecule has 0 aliphatic carbocycles. The third kappa shape index (κ3) is 7.75. The summed E-state index contributed by atoms with van der Waals surface area (Å²) >= 11 is 0. The van der Waals surface area contributed by atoms with Gasteiger partial charge in [0.1, 0.15) is 5.82 Å². The zero-order valence-corrected chi connectivity index (χ0v) is 18.2. The van der Waals surface area contributed by atoms with Crippen LogP contribution in [0.3, 0.4) is 0 Å². The number of guanidine groups is 1. The normalized spacial score (nSPS) is 16.7. The molecule has 1 unspecified atom stereocenters. The van der Waals surface area contributed by atoms with Gasteiger partial charge in [-0.25, -0.2) is 4.39 Å². The van der Waals surface area contributed by atoms with Crippen LogP contribution in [0.5, 0.6) is 0 Å². The van der Waals surface area contributed by atoms with E-state index in [1.165, 1.54) is 12.1 Å². The molecule has 1 fully saturated rings. The van der Waals surface area contributed by atoms with Crippen molar-refractivity contribution >= 4 is 29.9 Å². The van der Waals surface area contributed by atoms with Crippen LogP contribution in [0.1, 0.15) is 38.3 Å². The Hall–Kier alpha value is -0.930. The Morgan fingerprint density at radius 2 is 1.88 bits per heavy atom. The average molecular weight is 478 g/mol. The maximum atomic E-state index is 13.3. The lowest BCUT2D eigenvalue weighted by atomic mass is 10.0. The molecule has 0 saturated carbocycles. The number of nitrogens with zero attached hydrogens (tertiary/aromatic N) is 2. The van der Waals surface area contributed by atoms with E-state index in [2.05, 4.69) is 29.4 Å². The van der Waals surface area contributed by atoms with Gasteiger partial charge >= 0.3 is 0 Å². The number of unbranched alkanes of at least 4 members (excludes halogenated alkanes) is 1. The van der Waals surface area contributed by atoms with Gasteiger partial charge in [-0.05, 0) is 31.0 Å². The van der Waals surface area contributed by atoms with Gasteiger partial charge in [0.25, 0.3) is 0 Å². The second kappa shape index (κ2) is 13.3. The maximum absolute atomic E-state index is 13.3. The Bertz CT molecular complexity index is 521. The Morgan fingerprint density at radius 3 is 2.50 bits per heavy atom. The highest BCUT2D eigenvalue weighted by Gasteiger charge is 2.22. The van der Waals surface area contributed by atoms with E-state index in [1.54, 1.807) is 0 Å². The highest BCUT2D eigenvalue weighted by molar-refractivity contribution is 14.0. The largest absolute Gasteiger partial charge is 0.379 e. The van der Waals surface area contributed by atoms with E-state index in [0.29, 0.717) is 6.54 Å². The Morgan fingerprint density at radius 1 is 1.19 bits per heavy atom. The molecule has 148 valence electrons. The summed E-state index contributed by atoms with van der Waals surface area (Å²) in [4.78, 5) is 7.15. The molecule has 26 heavy (non-hydrogen) atoms. The van der Waals surface area contributed by atoms with Gasteiger partial charge in [-0.2, -0.15) is 0 Å². The summed E-state index contributed by atoms with van der Waals surface area (Å²) in [6, 6.07) is 6.91. The highest BCUT2D eigenvalue weighted by Crippen LogP contribution is 2.22. The van der Waals surface area contributed by atoms with Crippen molar-refractivity contribution in [2.45, 2.75) is 32.7 Å². The highest BCUT2D eigenvalue weighted by atomic mass is 127. The van der Waals surface area contributed by atoms with Crippen LogP contribution in [0.15, 0.2) is 29.3 Å². The van der Waals surface area contributed by atoms with Crippen molar-refractivity contribution < 1.29 is 9.13 Å². The topological polar surface area (TPSA) is 48.9 Å². The van der Waals surface area contributed by atoms with E-state index in [1.807, 2.05) is 12.1 Å². The third-order valence-corrected chi connectivity index (χ3v) is 4.33. The molecule has 0 aromatic heterocycles. The van der Waals surface area contributed by atoms with E-state index in [9.17, 15) is 4.39 Å². The van der Waals surface area contributed by atoms with Gasteiger partial charge < -0.3 is 15.4 Å². The second-order valence-electron chi connectivity index (χ2n) is 6.22. The van der Waals surface area contributed by atoms with Gasteiger partial charge in [0.15, 0.2) is 5.96 Å². The van der Waals surface area contributed by atoms with Crippen LogP contribution >= 0.6 is 24.0 Å². The molecule has 7 heteroatoms. The molecule has 1 atom stereocenters. The monoisotopic (exact) mass is 478 g/mol. The molecule has 0 bridgehead atoms. The fourth-order valence-electron chi connectivity index (χ4n) is 2.91. The van der Waals surface area contributed by atoms with Gasteiger partial charge in [0.05, 0.1) is 25.8 Å². The molecule has 0 radical (unpaired) electrons. The molecule has 2 N–H and O–H groups in total. The van der Waals surface area contributed by atoms with E-state index in [4.69, 9.17) is 9.73 Å². The number of hydrogen-bond donors (Lipinski definition) is 2. The summed E-state index contributed by atoms with van der Waals surface area (Å²) in [6.07, 6.45) is 2.27. The van der Waals surface area contributed by atoms with Gasteiger partial charge in [-0.15, -0.1) is 24.0 Å². The summed E-state index contributed by atoms with van der Waals surface area (Å²) in [5.41, 5.74) is 1.09. The molecule has 1 heterocycles. The van der Waals surface area contributed by atoms with Crippen LogP contribution in [-0.2, 0) is 4.74 Å². The minimum absolute atomic E-state index is 0. The fourth-order valence-corrected chi connectivity index (χ4v) is 2.91. The lowest BCUT2D eigenvalue weighted by Crippen LogP contribution is -2.42. The molecule has 5 nitrogen and oxygen atoms in total. The second-order valence-corrected chi connectivity index (χ2v) is 6.22. The van der Waals surface area contributed by atoms with Crippen LogP contribution in [0.4, 0.5) is 4.39 Å². The van der Waals surface area contributed by atoms with Crippen LogP contribution in [-0.4, -0.2) is 56.8 Å². The number of ether oxygens (including phenoxy) is 1. The number of benzene rings is 1. The Kier molecular flexibility index (Phi) is 11.8. The van der Waals surface area contributed by atoms with Gasteiger partial charge in [0, 0.05) is 26.2 Å². The van der Waals surface area contributed by atoms with Crippen molar-refractivity contribution in [3.8, 4) is 0 Å². The first-order chi connectivity index (χ1) is 12.2. The van der Waals surface area contributed by atoms with Crippen molar-refractivity contribution in [2.24, 2.45) is 4.99 Å². The van der Waals surface area contributed by atoms with Crippen molar-refractivity contribution in [2.75, 3.05) is 45.9 Å². The predicted octanol–water partition coefficient (Wildman–Crippen LogP) is 3.17. The zero-order valence-electron chi connectivity index (χ0n) is 15.8. The molecule has 1 aromatic carbocycles. The number of morpholine rings is 1. The van der Waals surface area contributed by atoms with E-state index in [-0.39, 0.29) is 35.8 Å². The van der Waals surface area contributed by atoms with Gasteiger partial charge in [-0.3, -0.25) is 9.89 Å². The Labute approximate surface area is 173 Å². The fraction of sp³-hybridized carbons (Fsp3) is 0.632. The minimum atomic E-state index is -0.206. The zero-order chi connectivity index (χ0) is 17.9. The molecular formula is C19H32FIN4O. The van der Waals surface area contributed by atoms with Crippen molar-refractivity contribution in [3.05, 3.63) is 35.6 Å². The number of rotatable bonds is 8. The number of hydrogen-bond acceptors (Lipinski definition) is 3. The summed E-state index contributed by atoms with van der Waals surface area (Å²) < 4.78 is 18.8. The van der Waals surface area contributed by atoms with Gasteiger partial charge in [0.2, 0.25) is 0 Å². The summed E-state index contributed by atoms with van der Waals surface area (Å²) in [6.45, 7) is 9.83. The van der Waals surface area contributed by atoms with E-state index < -0.39 is 0 Å². The summed E-state index contributed by atoms with van der Waals surface area (Å²) in [7, 11) is 0. The smallest absolute Gasteiger partial charge is 0.191 e. The van der Waals surface area contributed by atoms with Crippen molar-refractivity contribution in [1.82, 2.24) is 15.5 Å². The summed E-state index contributed by atoms with van der Waals surface area (Å²) in [5.74, 6) is 0.638. The van der Waals surface area contributed by atoms with Crippen LogP contribution in [0.25, 0.3) is 0 Å². The Balaban J connectivity index is 0.00000338. The van der Waals surface area contributed by atoms with Crippen LogP contribution < -0.4 is 10.6 Å². The molecule has 1 aliphatic heterocycles. The molecule has 1 saturated heterocycles. The molecule has 0 spiro atoms. The van der Waals surface area contributed by atoms with Crippen molar-refractivity contribution in [3.63, 3.8) is 0 Å². The lowest BCUT2D eigenvalue weighted by Gasteiger charge is -2.34. The van der Waals surface area contributed by atoms with Crippen molar-refractivity contribution in [1.29, 1.82) is 0 Å². The summed E-state index contributed by atoms with van der Waals surface area (Å²) in [5, 5.41) is 6.67. The number of aliphatic imine (C=N–C) groups is 1. The first-order valence-electron chi connectivity index (χ1n) is 9.34. The van der Waals surface area contributed by atoms with E-state index in [0.717, 1.165) is 63.8 Å². The predicted molar refractivity (Wildman–Crippen MR) is 116 cm³/mol. The number of halogens is 2. The maximum Gasteiger partial charge on any atom is 0.191 e. The molecule has 1 aliphatic rings. The molecule has 1 aromatic rings. The SMILES string of the molecule is CCCCNC(=NCC(c1ccc(F)cc1)N1CCOCC1)NCC.I. The minimum Gasteiger partial charge on any atom is -0.379 e.